The summed E-state index contributed by atoms with van der Waals surface area (Å²) >= 11 is 0. The molecule has 0 aliphatic heterocycles. The predicted octanol–water partition coefficient (Wildman–Crippen LogP) is 3.39. The molecule has 5 rings (SSSR count). The van der Waals surface area contributed by atoms with Gasteiger partial charge >= 0.3 is 0 Å². The average Bonchev–Trinajstić information content (AvgIpc) is 3.20. The summed E-state index contributed by atoms with van der Waals surface area (Å²) in [6.07, 6.45) is 4.04. The lowest BCUT2D eigenvalue weighted by Crippen LogP contribution is -2.06. The van der Waals surface area contributed by atoms with Gasteiger partial charge in [-0.2, -0.15) is 0 Å². The molecule has 2 heteroatoms. The molecule has 3 atom stereocenters. The van der Waals surface area contributed by atoms with Gasteiger partial charge in [0.15, 0.2) is 0 Å². The Kier molecular flexibility index (Phi) is 1.32. The number of allylic oxidation sites excluding steroid dienone is 2. The van der Waals surface area contributed by atoms with Gasteiger partial charge in [0.25, 0.3) is 0 Å². The normalized spacial score (nSPS) is 33.5. The molecule has 84 valence electrons. The van der Waals surface area contributed by atoms with E-state index in [4.69, 9.17) is 4.98 Å². The molecule has 2 nitrogen and oxygen atoms in total. The number of rotatable bonds is 1. The third-order valence-corrected chi connectivity index (χ3v) is 4.76. The van der Waals surface area contributed by atoms with E-state index in [9.17, 15) is 0 Å². The van der Waals surface area contributed by atoms with Crippen LogP contribution in [0.15, 0.2) is 35.4 Å². The van der Waals surface area contributed by atoms with E-state index in [0.29, 0.717) is 5.92 Å². The highest BCUT2D eigenvalue weighted by atomic mass is 14.9. The van der Waals surface area contributed by atoms with Gasteiger partial charge in [-0.1, -0.05) is 23.3 Å². The molecule has 0 saturated heterocycles. The van der Waals surface area contributed by atoms with Crippen molar-refractivity contribution in [3.05, 3.63) is 41.2 Å². The summed E-state index contributed by atoms with van der Waals surface area (Å²) in [6, 6.07) is 8.37. The van der Waals surface area contributed by atoms with E-state index in [1.54, 1.807) is 5.57 Å². The molecule has 1 heterocycles. The molecule has 0 bridgehead atoms. The van der Waals surface area contributed by atoms with Crippen molar-refractivity contribution >= 4 is 11.0 Å². The van der Waals surface area contributed by atoms with Crippen molar-refractivity contribution in [2.24, 2.45) is 11.8 Å². The van der Waals surface area contributed by atoms with E-state index in [1.807, 2.05) is 5.57 Å². The lowest BCUT2D eigenvalue weighted by Gasteiger charge is -2.14. The lowest BCUT2D eigenvalue weighted by molar-refractivity contribution is 0.548. The molecule has 0 radical (unpaired) electrons. The Morgan fingerprint density at radius 3 is 3.06 bits per heavy atom. The van der Waals surface area contributed by atoms with Crippen LogP contribution in [0.5, 0.6) is 0 Å². The molecule has 1 saturated carbocycles. The predicted molar refractivity (Wildman–Crippen MR) is 66.7 cm³/mol. The zero-order valence-corrected chi connectivity index (χ0v) is 9.61. The summed E-state index contributed by atoms with van der Waals surface area (Å²) in [5.41, 5.74) is 5.86. The van der Waals surface area contributed by atoms with Crippen LogP contribution in [0.25, 0.3) is 11.0 Å². The van der Waals surface area contributed by atoms with Crippen LogP contribution in [0, 0.1) is 11.8 Å². The summed E-state index contributed by atoms with van der Waals surface area (Å²) in [7, 11) is 0. The van der Waals surface area contributed by atoms with Crippen molar-refractivity contribution in [1.29, 1.82) is 0 Å². The first-order valence-electron chi connectivity index (χ1n) is 6.55. The molecule has 1 aromatic heterocycles. The number of aromatic nitrogens is 2. The molecular formula is C15H14N2. The molecule has 1 N–H and O–H groups in total. The van der Waals surface area contributed by atoms with Gasteiger partial charge in [0.05, 0.1) is 11.0 Å². The van der Waals surface area contributed by atoms with Gasteiger partial charge in [-0.15, -0.1) is 0 Å². The van der Waals surface area contributed by atoms with E-state index in [0.717, 1.165) is 17.4 Å². The second-order valence-corrected chi connectivity index (χ2v) is 5.76. The molecule has 1 aromatic carbocycles. The van der Waals surface area contributed by atoms with Crippen molar-refractivity contribution in [2.75, 3.05) is 0 Å². The third kappa shape index (κ3) is 1.08. The second kappa shape index (κ2) is 2.63. The van der Waals surface area contributed by atoms with Gasteiger partial charge in [0.1, 0.15) is 5.82 Å². The molecule has 0 spiro atoms. The van der Waals surface area contributed by atoms with Crippen molar-refractivity contribution in [3.63, 3.8) is 0 Å². The highest BCUT2D eigenvalue weighted by Gasteiger charge is 2.54. The molecule has 3 aliphatic rings. The maximum absolute atomic E-state index is 4.79. The summed E-state index contributed by atoms with van der Waals surface area (Å²) < 4.78 is 0. The first-order valence-corrected chi connectivity index (χ1v) is 6.55. The Morgan fingerprint density at radius 1 is 1.18 bits per heavy atom. The van der Waals surface area contributed by atoms with E-state index < -0.39 is 0 Å². The summed E-state index contributed by atoms with van der Waals surface area (Å²) in [4.78, 5) is 8.32. The van der Waals surface area contributed by atoms with Crippen LogP contribution in [-0.4, -0.2) is 9.97 Å². The molecule has 3 aliphatic carbocycles. The monoisotopic (exact) mass is 222 g/mol. The number of hydrogen-bond acceptors (Lipinski definition) is 1. The lowest BCUT2D eigenvalue weighted by atomic mass is 9.93. The van der Waals surface area contributed by atoms with Crippen LogP contribution >= 0.6 is 0 Å². The SMILES string of the molecule is c1ccc2[nH]c(C3CC4=C(C4)[C@@H]4CC34)nc2c1. The number of fused-ring (bicyclic) bond motifs is 3. The van der Waals surface area contributed by atoms with Crippen LogP contribution < -0.4 is 0 Å². The van der Waals surface area contributed by atoms with Crippen molar-refractivity contribution in [1.82, 2.24) is 9.97 Å². The van der Waals surface area contributed by atoms with Gasteiger partial charge in [-0.05, 0) is 43.2 Å². The molecule has 2 unspecified atom stereocenters. The Labute approximate surface area is 99.8 Å². The van der Waals surface area contributed by atoms with E-state index >= 15 is 0 Å². The van der Waals surface area contributed by atoms with Gasteiger partial charge < -0.3 is 4.98 Å². The number of imidazole rings is 1. The molecule has 0 amide bonds. The highest BCUT2D eigenvalue weighted by molar-refractivity contribution is 5.75. The number of nitrogens with one attached hydrogen (secondary N) is 1. The maximum atomic E-state index is 4.79. The Morgan fingerprint density at radius 2 is 2.12 bits per heavy atom. The summed E-state index contributed by atoms with van der Waals surface area (Å²) in [5, 5.41) is 0. The molecule has 2 aromatic rings. The minimum Gasteiger partial charge on any atom is -0.342 e. The van der Waals surface area contributed by atoms with Crippen molar-refractivity contribution in [3.8, 4) is 0 Å². The smallest absolute Gasteiger partial charge is 0.110 e. The molecule has 17 heavy (non-hydrogen) atoms. The largest absolute Gasteiger partial charge is 0.342 e. The van der Waals surface area contributed by atoms with Crippen LogP contribution in [0.2, 0.25) is 0 Å². The highest BCUT2D eigenvalue weighted by Crippen LogP contribution is 2.65. The quantitative estimate of drug-likeness (QED) is 0.736. The van der Waals surface area contributed by atoms with E-state index in [1.165, 1.54) is 30.6 Å². The van der Waals surface area contributed by atoms with Crippen LogP contribution in [-0.2, 0) is 0 Å². The van der Waals surface area contributed by atoms with Gasteiger partial charge in [-0.25, -0.2) is 4.98 Å². The molecular weight excluding hydrogens is 208 g/mol. The number of hydrogen-bond donors (Lipinski definition) is 1. The van der Waals surface area contributed by atoms with Gasteiger partial charge in [-0.3, -0.25) is 0 Å². The second-order valence-electron chi connectivity index (χ2n) is 5.76. The maximum Gasteiger partial charge on any atom is 0.110 e. The fourth-order valence-electron chi connectivity index (χ4n) is 3.71. The van der Waals surface area contributed by atoms with E-state index in [2.05, 4.69) is 29.2 Å². The number of para-hydroxylation sites is 2. The minimum atomic E-state index is 0.675. The first-order chi connectivity index (χ1) is 8.40. The fraction of sp³-hybridized carbons (Fsp3) is 0.400. The van der Waals surface area contributed by atoms with Crippen LogP contribution in [0.3, 0.4) is 0 Å². The van der Waals surface area contributed by atoms with Gasteiger partial charge in [0, 0.05) is 5.92 Å². The summed E-state index contributed by atoms with van der Waals surface area (Å²) in [6.45, 7) is 0. The topological polar surface area (TPSA) is 28.7 Å². The number of H-pyrrole nitrogens is 1. The number of aromatic amines is 1. The minimum absolute atomic E-state index is 0.675. The van der Waals surface area contributed by atoms with E-state index in [-0.39, 0.29) is 0 Å². The van der Waals surface area contributed by atoms with Crippen molar-refractivity contribution < 1.29 is 0 Å². The Balaban J connectivity index is 1.61. The standard InChI is InChI=1S/C15H14N2/c1-2-4-14-13(3-1)16-15(17-14)12-6-8-5-9(8)10-7-11(10)12/h1-4,10-12H,5-7H2,(H,16,17)/t10-,11?,12?/m0/s1. The average molecular weight is 222 g/mol. The van der Waals surface area contributed by atoms with Crippen LogP contribution in [0.1, 0.15) is 31.0 Å². The summed E-state index contributed by atoms with van der Waals surface area (Å²) in [5.74, 6) is 3.75. The van der Waals surface area contributed by atoms with Crippen molar-refractivity contribution in [2.45, 2.75) is 25.2 Å². The zero-order chi connectivity index (χ0) is 11.0. The van der Waals surface area contributed by atoms with Gasteiger partial charge in [0.2, 0.25) is 0 Å². The zero-order valence-electron chi connectivity index (χ0n) is 9.61. The molecule has 1 fully saturated rings. The third-order valence-electron chi connectivity index (χ3n) is 4.76. The fourth-order valence-corrected chi connectivity index (χ4v) is 3.71. The Bertz CT molecular complexity index is 631. The number of benzene rings is 1. The first kappa shape index (κ1) is 8.51. The number of nitrogens with zero attached hydrogens (tertiary/aromatic N) is 1. The van der Waals surface area contributed by atoms with Crippen LogP contribution in [0.4, 0.5) is 0 Å². The Hall–Kier alpha value is -1.57.